The summed E-state index contributed by atoms with van der Waals surface area (Å²) < 4.78 is 12.0. The summed E-state index contributed by atoms with van der Waals surface area (Å²) in [5.41, 5.74) is 3.02. The van der Waals surface area contributed by atoms with Crippen LogP contribution in [0.4, 0.5) is 0 Å². The number of rotatable bonds is 4. The average molecular weight is 370 g/mol. The van der Waals surface area contributed by atoms with Gasteiger partial charge in [0.05, 0.1) is 29.7 Å². The lowest BCUT2D eigenvalue weighted by Crippen LogP contribution is -2.25. The van der Waals surface area contributed by atoms with E-state index in [0.29, 0.717) is 29.2 Å². The number of hydrogen-bond donors (Lipinski definition) is 0. The number of carbonyl (C=O) groups excluding carboxylic acids is 1. The topological polar surface area (TPSA) is 72.2 Å². The molecule has 0 bridgehead atoms. The Labute approximate surface area is 163 Å². The van der Waals surface area contributed by atoms with E-state index in [4.69, 9.17) is 14.7 Å². The van der Waals surface area contributed by atoms with Crippen molar-refractivity contribution in [1.29, 1.82) is 5.26 Å². The Bertz CT molecular complexity index is 1040. The molecule has 0 amide bonds. The van der Waals surface area contributed by atoms with Gasteiger partial charge in [0.15, 0.2) is 5.78 Å². The molecule has 5 heteroatoms. The fraction of sp³-hybridized carbons (Fsp3) is 0.174. The van der Waals surface area contributed by atoms with Crippen LogP contribution < -0.4 is 9.47 Å². The maximum Gasteiger partial charge on any atom is 0.172 e. The summed E-state index contributed by atoms with van der Waals surface area (Å²) in [7, 11) is 0. The van der Waals surface area contributed by atoms with E-state index in [1.165, 1.54) is 0 Å². The van der Waals surface area contributed by atoms with Crippen LogP contribution >= 0.6 is 0 Å². The van der Waals surface area contributed by atoms with Crippen LogP contribution in [0, 0.1) is 17.2 Å². The van der Waals surface area contributed by atoms with Gasteiger partial charge in [-0.2, -0.15) is 5.26 Å². The van der Waals surface area contributed by atoms with E-state index < -0.39 is 0 Å². The molecular formula is C23H18N2O3. The highest BCUT2D eigenvalue weighted by Gasteiger charge is 2.26. The Morgan fingerprint density at radius 2 is 1.82 bits per heavy atom. The van der Waals surface area contributed by atoms with Gasteiger partial charge in [0.1, 0.15) is 17.6 Å². The maximum absolute atomic E-state index is 12.3. The molecule has 0 saturated heterocycles. The van der Waals surface area contributed by atoms with Crippen molar-refractivity contribution in [2.75, 3.05) is 6.61 Å². The standard InChI is InChI=1S/C23H18N2O3/c1-15-14-27-21-12-19(6-7-20(21)22(15)26)28-23(18-8-10-25-11-9-18)17-4-2-16(13-24)3-5-17/h2-12,15,23H,14H2,1H3. The third-order valence-electron chi connectivity index (χ3n) is 4.76. The van der Waals surface area contributed by atoms with Gasteiger partial charge in [0.25, 0.3) is 0 Å². The summed E-state index contributed by atoms with van der Waals surface area (Å²) in [6.07, 6.45) is 3.04. The summed E-state index contributed by atoms with van der Waals surface area (Å²) in [6.45, 7) is 2.23. The zero-order valence-electron chi connectivity index (χ0n) is 15.3. The molecule has 0 aliphatic carbocycles. The fourth-order valence-corrected chi connectivity index (χ4v) is 3.19. The first-order chi connectivity index (χ1) is 13.7. The number of hydrogen-bond acceptors (Lipinski definition) is 5. The molecule has 5 nitrogen and oxygen atoms in total. The number of benzene rings is 2. The molecule has 138 valence electrons. The minimum absolute atomic E-state index is 0.0885. The Balaban J connectivity index is 1.68. The van der Waals surface area contributed by atoms with Crippen LogP contribution in [-0.4, -0.2) is 17.4 Å². The highest BCUT2D eigenvalue weighted by atomic mass is 16.5. The molecule has 0 fully saturated rings. The average Bonchev–Trinajstić information content (AvgIpc) is 2.75. The number of ether oxygens (including phenoxy) is 2. The zero-order valence-corrected chi connectivity index (χ0v) is 15.3. The van der Waals surface area contributed by atoms with Gasteiger partial charge in [-0.1, -0.05) is 19.1 Å². The van der Waals surface area contributed by atoms with Crippen molar-refractivity contribution in [2.45, 2.75) is 13.0 Å². The second-order valence-electron chi connectivity index (χ2n) is 6.75. The van der Waals surface area contributed by atoms with Crippen molar-refractivity contribution in [3.05, 3.63) is 89.2 Å². The number of ketones is 1. The maximum atomic E-state index is 12.3. The highest BCUT2D eigenvalue weighted by Crippen LogP contribution is 2.34. The number of Topliss-reactive ketones (excluding diaryl/α,β-unsaturated/α-hetero) is 1. The number of aromatic nitrogens is 1. The van der Waals surface area contributed by atoms with Gasteiger partial charge >= 0.3 is 0 Å². The van der Waals surface area contributed by atoms with Crippen molar-refractivity contribution in [3.8, 4) is 17.6 Å². The van der Waals surface area contributed by atoms with Crippen LogP contribution in [0.1, 0.15) is 40.1 Å². The van der Waals surface area contributed by atoms with E-state index in [-0.39, 0.29) is 17.8 Å². The molecule has 28 heavy (non-hydrogen) atoms. The van der Waals surface area contributed by atoms with Crippen LogP contribution in [0.15, 0.2) is 67.0 Å². The minimum Gasteiger partial charge on any atom is -0.492 e. The van der Waals surface area contributed by atoms with Gasteiger partial charge in [-0.15, -0.1) is 0 Å². The van der Waals surface area contributed by atoms with Crippen molar-refractivity contribution < 1.29 is 14.3 Å². The smallest absolute Gasteiger partial charge is 0.172 e. The highest BCUT2D eigenvalue weighted by molar-refractivity contribution is 6.01. The molecule has 2 atom stereocenters. The monoisotopic (exact) mass is 370 g/mol. The summed E-state index contributed by atoms with van der Waals surface area (Å²) in [5.74, 6) is 1.11. The first kappa shape index (κ1) is 17.7. The summed E-state index contributed by atoms with van der Waals surface area (Å²) in [5, 5.41) is 9.04. The predicted octanol–water partition coefficient (Wildman–Crippen LogP) is 4.33. The molecule has 2 unspecified atom stereocenters. The molecule has 1 aliphatic rings. The van der Waals surface area contributed by atoms with Crippen molar-refractivity contribution in [2.24, 2.45) is 5.92 Å². The quantitative estimate of drug-likeness (QED) is 0.683. The normalized spacial score (nSPS) is 16.4. The van der Waals surface area contributed by atoms with Crippen LogP contribution in [0.3, 0.4) is 0 Å². The molecule has 3 aromatic rings. The first-order valence-electron chi connectivity index (χ1n) is 9.03. The zero-order chi connectivity index (χ0) is 19.5. The van der Waals surface area contributed by atoms with Crippen LogP contribution in [0.25, 0.3) is 0 Å². The molecular weight excluding hydrogens is 352 g/mol. The fourth-order valence-electron chi connectivity index (χ4n) is 3.19. The van der Waals surface area contributed by atoms with Crippen LogP contribution in [0.5, 0.6) is 11.5 Å². The lowest BCUT2D eigenvalue weighted by atomic mass is 9.96. The van der Waals surface area contributed by atoms with Gasteiger partial charge in [-0.25, -0.2) is 0 Å². The van der Waals surface area contributed by atoms with Crippen molar-refractivity contribution in [3.63, 3.8) is 0 Å². The number of nitriles is 1. The van der Waals surface area contributed by atoms with Gasteiger partial charge in [0, 0.05) is 18.5 Å². The summed E-state index contributed by atoms with van der Waals surface area (Å²) in [4.78, 5) is 16.4. The Morgan fingerprint density at radius 1 is 1.11 bits per heavy atom. The molecule has 4 rings (SSSR count). The van der Waals surface area contributed by atoms with Crippen LogP contribution in [-0.2, 0) is 0 Å². The lowest BCUT2D eigenvalue weighted by Gasteiger charge is -2.24. The Hall–Kier alpha value is -3.65. The molecule has 1 aliphatic heterocycles. The van der Waals surface area contributed by atoms with Gasteiger partial charge in [-0.3, -0.25) is 9.78 Å². The van der Waals surface area contributed by atoms with Crippen LogP contribution in [0.2, 0.25) is 0 Å². The largest absolute Gasteiger partial charge is 0.492 e. The number of carbonyl (C=O) groups is 1. The van der Waals surface area contributed by atoms with E-state index in [9.17, 15) is 4.79 Å². The van der Waals surface area contributed by atoms with Crippen molar-refractivity contribution in [1.82, 2.24) is 4.98 Å². The summed E-state index contributed by atoms with van der Waals surface area (Å²) in [6, 6.07) is 18.5. The summed E-state index contributed by atoms with van der Waals surface area (Å²) >= 11 is 0. The Kier molecular flexibility index (Phi) is 4.77. The number of fused-ring (bicyclic) bond motifs is 1. The molecule has 2 aromatic carbocycles. The van der Waals surface area contributed by atoms with Gasteiger partial charge in [-0.05, 0) is 47.5 Å². The van der Waals surface area contributed by atoms with Gasteiger partial charge < -0.3 is 9.47 Å². The van der Waals surface area contributed by atoms with E-state index in [1.54, 1.807) is 42.7 Å². The molecule has 0 spiro atoms. The SMILES string of the molecule is CC1COc2cc(OC(c3ccncc3)c3ccc(C#N)cc3)ccc2C1=O. The second kappa shape index (κ2) is 7.53. The van der Waals surface area contributed by atoms with Crippen molar-refractivity contribution >= 4 is 5.78 Å². The number of nitrogens with zero attached hydrogens (tertiary/aromatic N) is 2. The molecule has 0 radical (unpaired) electrons. The van der Waals surface area contributed by atoms with Gasteiger partial charge in [0.2, 0.25) is 0 Å². The first-order valence-corrected chi connectivity index (χ1v) is 9.03. The second-order valence-corrected chi connectivity index (χ2v) is 6.75. The predicted molar refractivity (Wildman–Crippen MR) is 103 cm³/mol. The number of pyridine rings is 1. The third kappa shape index (κ3) is 3.45. The minimum atomic E-state index is -0.382. The Morgan fingerprint density at radius 3 is 2.54 bits per heavy atom. The van der Waals surface area contributed by atoms with E-state index >= 15 is 0 Å². The third-order valence-corrected chi connectivity index (χ3v) is 4.76. The molecule has 1 aromatic heterocycles. The van der Waals surface area contributed by atoms with E-state index in [1.807, 2.05) is 31.2 Å². The lowest BCUT2D eigenvalue weighted by molar-refractivity contribution is 0.0848. The van der Waals surface area contributed by atoms with E-state index in [2.05, 4.69) is 11.1 Å². The molecule has 2 heterocycles. The van der Waals surface area contributed by atoms with E-state index in [0.717, 1.165) is 11.1 Å². The molecule has 0 N–H and O–H groups in total. The molecule has 0 saturated carbocycles.